The van der Waals surface area contributed by atoms with Crippen molar-refractivity contribution < 1.29 is 19.1 Å². The zero-order valence-corrected chi connectivity index (χ0v) is 15.3. The molecular weight excluding hydrogens is 350 g/mol. The van der Waals surface area contributed by atoms with Crippen LogP contribution < -0.4 is 10.1 Å². The zero-order chi connectivity index (χ0) is 18.8. The van der Waals surface area contributed by atoms with Gasteiger partial charge in [0.05, 0.1) is 6.04 Å². The highest BCUT2D eigenvalue weighted by molar-refractivity contribution is 7.10. The number of hydrogen-bond acceptors (Lipinski definition) is 5. The summed E-state index contributed by atoms with van der Waals surface area (Å²) in [6.07, 6.45) is 4.57. The Balaban J connectivity index is 1.74. The van der Waals surface area contributed by atoms with Crippen LogP contribution in [-0.2, 0) is 14.3 Å². The summed E-state index contributed by atoms with van der Waals surface area (Å²) in [6, 6.07) is 11.0. The summed E-state index contributed by atoms with van der Waals surface area (Å²) >= 11 is 1.56. The van der Waals surface area contributed by atoms with Gasteiger partial charge in [0.15, 0.2) is 6.61 Å². The molecule has 0 fully saturated rings. The minimum Gasteiger partial charge on any atom is -0.490 e. The molecule has 0 bridgehead atoms. The predicted octanol–water partition coefficient (Wildman–Crippen LogP) is 3.75. The van der Waals surface area contributed by atoms with Gasteiger partial charge in [0.1, 0.15) is 12.4 Å². The largest absolute Gasteiger partial charge is 0.490 e. The lowest BCUT2D eigenvalue weighted by Crippen LogP contribution is -2.30. The number of rotatable bonds is 9. The smallest absolute Gasteiger partial charge is 0.331 e. The lowest BCUT2D eigenvalue weighted by molar-refractivity contribution is -0.144. The third-order valence-electron chi connectivity index (χ3n) is 3.35. The molecular formula is C20H21NO4S. The summed E-state index contributed by atoms with van der Waals surface area (Å²) < 4.78 is 10.3. The Morgan fingerprint density at radius 1 is 1.27 bits per heavy atom. The molecule has 1 N–H and O–H groups in total. The maximum atomic E-state index is 11.8. The maximum Gasteiger partial charge on any atom is 0.331 e. The van der Waals surface area contributed by atoms with E-state index in [1.807, 2.05) is 36.6 Å². The second-order valence-corrected chi connectivity index (χ2v) is 6.39. The average molecular weight is 371 g/mol. The first-order valence-electron chi connectivity index (χ1n) is 8.10. The molecule has 0 aliphatic heterocycles. The number of nitrogens with one attached hydrogen (secondary N) is 1. The maximum absolute atomic E-state index is 11.8. The van der Waals surface area contributed by atoms with Crippen LogP contribution in [0.2, 0.25) is 0 Å². The number of thiophene rings is 1. The molecule has 2 rings (SSSR count). The van der Waals surface area contributed by atoms with E-state index in [1.54, 1.807) is 35.6 Å². The molecule has 1 aromatic heterocycles. The molecule has 2 aromatic rings. The Morgan fingerprint density at radius 3 is 2.69 bits per heavy atom. The van der Waals surface area contributed by atoms with Gasteiger partial charge >= 0.3 is 5.97 Å². The number of amides is 1. The van der Waals surface area contributed by atoms with E-state index in [4.69, 9.17) is 9.47 Å². The number of esters is 1. The molecule has 1 aromatic carbocycles. The van der Waals surface area contributed by atoms with Gasteiger partial charge in [-0.2, -0.15) is 0 Å². The van der Waals surface area contributed by atoms with E-state index in [1.165, 1.54) is 6.08 Å². The highest BCUT2D eigenvalue weighted by Crippen LogP contribution is 2.17. The van der Waals surface area contributed by atoms with Gasteiger partial charge in [-0.15, -0.1) is 11.3 Å². The van der Waals surface area contributed by atoms with Crippen LogP contribution in [-0.4, -0.2) is 25.1 Å². The highest BCUT2D eigenvalue weighted by Gasteiger charge is 2.11. The third kappa shape index (κ3) is 6.57. The Morgan fingerprint density at radius 2 is 2.04 bits per heavy atom. The Hall–Kier alpha value is -2.86. The van der Waals surface area contributed by atoms with Crippen LogP contribution in [0.3, 0.4) is 0 Å². The normalized spacial score (nSPS) is 11.7. The standard InChI is InChI=1S/C20H21NO4S/c1-3-12-24-17-9-6-16(7-10-17)8-11-20(23)25-14-19(22)21-15(2)18-5-4-13-26-18/h3-11,13,15H,1,12,14H2,2H3,(H,21,22)/b11-8+. The summed E-state index contributed by atoms with van der Waals surface area (Å²) in [6.45, 7) is 5.59. The molecule has 1 amide bonds. The average Bonchev–Trinajstić information content (AvgIpc) is 3.18. The molecule has 1 unspecified atom stereocenters. The molecule has 0 radical (unpaired) electrons. The van der Waals surface area contributed by atoms with E-state index >= 15 is 0 Å². The van der Waals surface area contributed by atoms with E-state index in [0.717, 1.165) is 16.2 Å². The first kappa shape index (κ1) is 19.5. The van der Waals surface area contributed by atoms with Gasteiger partial charge in [0.2, 0.25) is 0 Å². The first-order chi connectivity index (χ1) is 12.6. The number of ether oxygens (including phenoxy) is 2. The summed E-state index contributed by atoms with van der Waals surface area (Å²) in [5, 5.41) is 4.73. The van der Waals surface area contributed by atoms with Gasteiger partial charge in [-0.05, 0) is 42.1 Å². The van der Waals surface area contributed by atoms with Gasteiger partial charge < -0.3 is 14.8 Å². The summed E-state index contributed by atoms with van der Waals surface area (Å²) in [7, 11) is 0. The van der Waals surface area contributed by atoms with Crippen LogP contribution in [0.15, 0.2) is 60.5 Å². The second-order valence-electron chi connectivity index (χ2n) is 5.41. The van der Waals surface area contributed by atoms with E-state index in [0.29, 0.717) is 6.61 Å². The zero-order valence-electron chi connectivity index (χ0n) is 14.5. The van der Waals surface area contributed by atoms with Crippen molar-refractivity contribution in [3.63, 3.8) is 0 Å². The molecule has 136 valence electrons. The Bertz CT molecular complexity index is 751. The van der Waals surface area contributed by atoms with Crippen molar-refractivity contribution in [2.45, 2.75) is 13.0 Å². The predicted molar refractivity (Wildman–Crippen MR) is 103 cm³/mol. The summed E-state index contributed by atoms with van der Waals surface area (Å²) in [4.78, 5) is 24.6. The molecule has 6 heteroatoms. The Labute approximate surface area is 156 Å². The molecule has 1 heterocycles. The van der Waals surface area contributed by atoms with Crippen molar-refractivity contribution in [2.75, 3.05) is 13.2 Å². The van der Waals surface area contributed by atoms with Gasteiger partial charge in [-0.1, -0.05) is 30.9 Å². The minimum absolute atomic E-state index is 0.112. The fourth-order valence-electron chi connectivity index (χ4n) is 2.07. The first-order valence-corrected chi connectivity index (χ1v) is 8.98. The number of benzene rings is 1. The van der Waals surface area contributed by atoms with E-state index < -0.39 is 5.97 Å². The fourth-order valence-corrected chi connectivity index (χ4v) is 2.81. The van der Waals surface area contributed by atoms with Crippen LogP contribution in [0.25, 0.3) is 6.08 Å². The SMILES string of the molecule is C=CCOc1ccc(/C=C/C(=O)OCC(=O)NC(C)c2cccs2)cc1. The van der Waals surface area contributed by atoms with Crippen molar-refractivity contribution in [1.29, 1.82) is 0 Å². The van der Waals surface area contributed by atoms with Crippen LogP contribution in [0.1, 0.15) is 23.4 Å². The molecule has 0 saturated heterocycles. The number of carbonyl (C=O) groups excluding carboxylic acids is 2. The lowest BCUT2D eigenvalue weighted by atomic mass is 10.2. The van der Waals surface area contributed by atoms with Gasteiger partial charge in [-0.3, -0.25) is 4.79 Å². The summed E-state index contributed by atoms with van der Waals surface area (Å²) in [5.74, 6) is -0.187. The third-order valence-corrected chi connectivity index (χ3v) is 4.41. The second kappa shape index (κ2) is 10.2. The van der Waals surface area contributed by atoms with Crippen LogP contribution in [0.5, 0.6) is 5.75 Å². The monoisotopic (exact) mass is 371 g/mol. The summed E-state index contributed by atoms with van der Waals surface area (Å²) in [5.41, 5.74) is 0.823. The molecule has 0 saturated carbocycles. The molecule has 5 nitrogen and oxygen atoms in total. The molecule has 0 spiro atoms. The highest BCUT2D eigenvalue weighted by atomic mass is 32.1. The van der Waals surface area contributed by atoms with E-state index in [9.17, 15) is 9.59 Å². The minimum atomic E-state index is -0.573. The lowest BCUT2D eigenvalue weighted by Gasteiger charge is -2.11. The van der Waals surface area contributed by atoms with Crippen LogP contribution in [0.4, 0.5) is 0 Å². The Kier molecular flexibility index (Phi) is 7.64. The van der Waals surface area contributed by atoms with E-state index in [2.05, 4.69) is 11.9 Å². The number of hydrogen-bond donors (Lipinski definition) is 1. The van der Waals surface area contributed by atoms with Crippen molar-refractivity contribution in [3.05, 3.63) is 70.9 Å². The van der Waals surface area contributed by atoms with Crippen molar-refractivity contribution in [3.8, 4) is 5.75 Å². The van der Waals surface area contributed by atoms with Gasteiger partial charge in [-0.25, -0.2) is 4.79 Å². The van der Waals surface area contributed by atoms with E-state index in [-0.39, 0.29) is 18.6 Å². The fraction of sp³-hybridized carbons (Fsp3) is 0.200. The quantitative estimate of drug-likeness (QED) is 0.414. The van der Waals surface area contributed by atoms with Gasteiger partial charge in [0, 0.05) is 11.0 Å². The molecule has 0 aliphatic carbocycles. The van der Waals surface area contributed by atoms with Crippen LogP contribution >= 0.6 is 11.3 Å². The van der Waals surface area contributed by atoms with Crippen molar-refractivity contribution >= 4 is 29.3 Å². The van der Waals surface area contributed by atoms with Crippen molar-refractivity contribution in [2.24, 2.45) is 0 Å². The van der Waals surface area contributed by atoms with Crippen molar-refractivity contribution in [1.82, 2.24) is 5.32 Å². The number of carbonyl (C=O) groups is 2. The molecule has 1 atom stereocenters. The van der Waals surface area contributed by atoms with Crippen LogP contribution in [0, 0.1) is 0 Å². The molecule has 26 heavy (non-hydrogen) atoms. The molecule has 0 aliphatic rings. The van der Waals surface area contributed by atoms with Gasteiger partial charge in [0.25, 0.3) is 5.91 Å². The topological polar surface area (TPSA) is 64.6 Å².